The fraction of sp³-hybridized carbons (Fsp3) is 0.429. The number of aromatic nitrogens is 4. The topological polar surface area (TPSA) is 73.0 Å². The Bertz CT molecular complexity index is 1140. The van der Waals surface area contributed by atoms with Gasteiger partial charge in [0.15, 0.2) is 10.8 Å². The smallest absolute Gasteiger partial charge is 0.265 e. The summed E-state index contributed by atoms with van der Waals surface area (Å²) < 4.78 is 3.30. The molecule has 0 radical (unpaired) electrons. The van der Waals surface area contributed by atoms with Gasteiger partial charge in [-0.1, -0.05) is 42.8 Å². The lowest BCUT2D eigenvalue weighted by Crippen LogP contribution is -2.35. The van der Waals surface area contributed by atoms with Crippen LogP contribution < -0.4 is 5.56 Å². The number of hydrogen-bond acceptors (Lipinski definition) is 5. The molecule has 1 aliphatic rings. The van der Waals surface area contributed by atoms with E-state index in [1.165, 1.54) is 11.8 Å². The number of nitrogens with zero attached hydrogens (tertiary/aromatic N) is 5. The van der Waals surface area contributed by atoms with E-state index in [1.807, 2.05) is 24.0 Å². The first-order chi connectivity index (χ1) is 14.5. The van der Waals surface area contributed by atoms with Gasteiger partial charge in [0.25, 0.3) is 5.56 Å². The molecule has 0 spiro atoms. The molecule has 1 unspecified atom stereocenters. The van der Waals surface area contributed by atoms with Crippen LogP contribution in [0.25, 0.3) is 16.7 Å². The highest BCUT2D eigenvalue weighted by atomic mass is 35.5. The van der Waals surface area contributed by atoms with Gasteiger partial charge in [-0.15, -0.1) is 0 Å². The summed E-state index contributed by atoms with van der Waals surface area (Å²) in [6.45, 7) is 5.55. The summed E-state index contributed by atoms with van der Waals surface area (Å²) in [5.74, 6) is 0.752. The van der Waals surface area contributed by atoms with Crippen LogP contribution in [0.4, 0.5) is 0 Å². The molecule has 1 amide bonds. The third kappa shape index (κ3) is 3.86. The average molecular weight is 446 g/mol. The first-order valence-corrected chi connectivity index (χ1v) is 11.6. The van der Waals surface area contributed by atoms with Crippen LogP contribution in [-0.2, 0) is 4.79 Å². The maximum absolute atomic E-state index is 13.2. The normalized spacial score (nSPS) is 15.5. The van der Waals surface area contributed by atoms with Crippen molar-refractivity contribution < 1.29 is 4.79 Å². The van der Waals surface area contributed by atoms with E-state index < -0.39 is 0 Å². The number of rotatable bonds is 7. The van der Waals surface area contributed by atoms with Gasteiger partial charge in [0, 0.05) is 30.3 Å². The minimum atomic E-state index is -0.188. The van der Waals surface area contributed by atoms with E-state index in [0.29, 0.717) is 39.9 Å². The van der Waals surface area contributed by atoms with Crippen LogP contribution in [0.1, 0.15) is 39.2 Å². The zero-order valence-corrected chi connectivity index (χ0v) is 18.6. The molecule has 0 fully saturated rings. The Hall–Kier alpha value is -2.32. The molecular weight excluding hydrogens is 422 g/mol. The third-order valence-corrected chi connectivity index (χ3v) is 6.68. The Balaban J connectivity index is 1.66. The van der Waals surface area contributed by atoms with Gasteiger partial charge in [-0.25, -0.2) is 9.67 Å². The zero-order valence-electron chi connectivity index (χ0n) is 17.0. The van der Waals surface area contributed by atoms with E-state index in [2.05, 4.69) is 12.0 Å². The van der Waals surface area contributed by atoms with Crippen molar-refractivity contribution in [2.75, 3.05) is 18.8 Å². The van der Waals surface area contributed by atoms with Crippen molar-refractivity contribution in [3.05, 3.63) is 45.8 Å². The lowest BCUT2D eigenvalue weighted by atomic mass is 10.2. The Morgan fingerprint density at radius 3 is 2.93 bits per heavy atom. The molecule has 30 heavy (non-hydrogen) atoms. The number of hydrogen-bond donors (Lipinski definition) is 0. The molecule has 0 saturated heterocycles. The lowest BCUT2D eigenvalue weighted by Gasteiger charge is -2.23. The fourth-order valence-electron chi connectivity index (χ4n) is 3.72. The van der Waals surface area contributed by atoms with Crippen molar-refractivity contribution in [1.82, 2.24) is 24.2 Å². The van der Waals surface area contributed by atoms with Crippen molar-refractivity contribution in [1.29, 1.82) is 0 Å². The molecule has 1 atom stereocenters. The minimum Gasteiger partial charge on any atom is -0.343 e. The van der Waals surface area contributed by atoms with E-state index in [9.17, 15) is 9.59 Å². The standard InChI is InChI=1S/C21H24ClN5O2S/c1-3-5-9-25(4-2)18(28)11-16-13-30-21-24-19-17(20(29)26(16)21)12-23-27(19)15-8-6-7-14(22)10-15/h6-8,10,12,16H,3-5,9,11,13H2,1-2H3. The van der Waals surface area contributed by atoms with Crippen molar-refractivity contribution >= 4 is 40.3 Å². The van der Waals surface area contributed by atoms with Crippen LogP contribution in [0, 0.1) is 0 Å². The number of carbonyl (C=O) groups excluding carboxylic acids is 1. The quantitative estimate of drug-likeness (QED) is 0.515. The summed E-state index contributed by atoms with van der Waals surface area (Å²) in [6, 6.07) is 7.08. The Kier molecular flexibility index (Phi) is 6.15. The van der Waals surface area contributed by atoms with Crippen molar-refractivity contribution in [2.24, 2.45) is 0 Å². The zero-order chi connectivity index (χ0) is 21.3. The summed E-state index contributed by atoms with van der Waals surface area (Å²) in [6.07, 6.45) is 3.89. The maximum atomic E-state index is 13.2. The summed E-state index contributed by atoms with van der Waals surface area (Å²) in [5, 5.41) is 6.03. The number of thioether (sulfide) groups is 1. The predicted octanol–water partition coefficient (Wildman–Crippen LogP) is 3.92. The number of fused-ring (bicyclic) bond motifs is 2. The van der Waals surface area contributed by atoms with Gasteiger partial charge in [0.2, 0.25) is 5.91 Å². The van der Waals surface area contributed by atoms with Gasteiger partial charge in [-0.3, -0.25) is 14.2 Å². The van der Waals surface area contributed by atoms with Crippen LogP contribution >= 0.6 is 23.4 Å². The summed E-state index contributed by atoms with van der Waals surface area (Å²) in [5.41, 5.74) is 1.10. The van der Waals surface area contributed by atoms with Gasteiger partial charge >= 0.3 is 0 Å². The number of amides is 1. The Morgan fingerprint density at radius 1 is 1.37 bits per heavy atom. The van der Waals surface area contributed by atoms with E-state index in [4.69, 9.17) is 16.6 Å². The SMILES string of the molecule is CCCCN(CC)C(=O)CC1CSc2nc3c(cnn3-c3cccc(Cl)c3)c(=O)n21. The lowest BCUT2D eigenvalue weighted by molar-refractivity contribution is -0.131. The molecule has 9 heteroatoms. The van der Waals surface area contributed by atoms with Gasteiger partial charge in [0.05, 0.1) is 17.9 Å². The van der Waals surface area contributed by atoms with Gasteiger partial charge < -0.3 is 4.90 Å². The number of benzene rings is 1. The highest BCUT2D eigenvalue weighted by molar-refractivity contribution is 7.99. The van der Waals surface area contributed by atoms with Crippen molar-refractivity contribution in [2.45, 2.75) is 44.3 Å². The molecular formula is C21H24ClN5O2S. The monoisotopic (exact) mass is 445 g/mol. The molecule has 4 rings (SSSR count). The van der Waals surface area contributed by atoms with Crippen LogP contribution in [0.2, 0.25) is 5.02 Å². The molecule has 7 nitrogen and oxygen atoms in total. The Labute approximate surface area is 184 Å². The van der Waals surface area contributed by atoms with E-state index in [1.54, 1.807) is 27.6 Å². The highest BCUT2D eigenvalue weighted by Gasteiger charge is 2.30. The fourth-order valence-corrected chi connectivity index (χ4v) is 5.03. The van der Waals surface area contributed by atoms with Crippen LogP contribution in [0.3, 0.4) is 0 Å². The summed E-state index contributed by atoms with van der Waals surface area (Å²) in [4.78, 5) is 32.6. The van der Waals surface area contributed by atoms with E-state index >= 15 is 0 Å². The molecule has 0 bridgehead atoms. The first kappa shape index (κ1) is 20.9. The van der Waals surface area contributed by atoms with Crippen molar-refractivity contribution in [3.63, 3.8) is 0 Å². The second-order valence-corrected chi connectivity index (χ2v) is 8.76. The average Bonchev–Trinajstić information content (AvgIpc) is 3.33. The van der Waals surface area contributed by atoms with Gasteiger partial charge in [-0.05, 0) is 31.5 Å². The summed E-state index contributed by atoms with van der Waals surface area (Å²) >= 11 is 7.62. The summed E-state index contributed by atoms with van der Waals surface area (Å²) in [7, 11) is 0. The van der Waals surface area contributed by atoms with Crippen LogP contribution in [-0.4, -0.2) is 49.0 Å². The molecule has 1 aromatic carbocycles. The molecule has 3 aromatic rings. The predicted molar refractivity (Wildman–Crippen MR) is 120 cm³/mol. The largest absolute Gasteiger partial charge is 0.343 e. The minimum absolute atomic E-state index is 0.0889. The molecule has 3 heterocycles. The van der Waals surface area contributed by atoms with E-state index in [0.717, 1.165) is 25.1 Å². The molecule has 0 saturated carbocycles. The molecule has 158 valence electrons. The molecule has 0 aliphatic carbocycles. The third-order valence-electron chi connectivity index (χ3n) is 5.35. The van der Waals surface area contributed by atoms with Crippen LogP contribution in [0.5, 0.6) is 0 Å². The van der Waals surface area contributed by atoms with E-state index in [-0.39, 0.29) is 17.5 Å². The molecule has 2 aromatic heterocycles. The number of halogens is 1. The number of carbonyl (C=O) groups is 1. The van der Waals surface area contributed by atoms with Crippen LogP contribution in [0.15, 0.2) is 40.4 Å². The molecule has 0 N–H and O–H groups in total. The Morgan fingerprint density at radius 2 is 2.20 bits per heavy atom. The molecule has 1 aliphatic heterocycles. The van der Waals surface area contributed by atoms with Crippen molar-refractivity contribution in [3.8, 4) is 5.69 Å². The second kappa shape index (κ2) is 8.81. The highest BCUT2D eigenvalue weighted by Crippen LogP contribution is 2.33. The van der Waals surface area contributed by atoms with Gasteiger partial charge in [-0.2, -0.15) is 5.10 Å². The number of unbranched alkanes of at least 4 members (excludes halogenated alkanes) is 1. The first-order valence-electron chi connectivity index (χ1n) is 10.2. The second-order valence-electron chi connectivity index (χ2n) is 7.34. The van der Waals surface area contributed by atoms with Gasteiger partial charge in [0.1, 0.15) is 5.39 Å². The maximum Gasteiger partial charge on any atom is 0.265 e.